The molecule has 10 aromatic rings. The largest absolute Gasteiger partial charge is 0.501 e. The van der Waals surface area contributed by atoms with E-state index < -0.39 is 11.7 Å². The summed E-state index contributed by atoms with van der Waals surface area (Å²) < 4.78 is 45.7. The second kappa shape index (κ2) is 18.0. The summed E-state index contributed by atoms with van der Waals surface area (Å²) in [6, 6.07) is 59.7. The van der Waals surface area contributed by atoms with Gasteiger partial charge in [-0.15, -0.1) is 48.0 Å². The molecule has 0 aliphatic carbocycles. The van der Waals surface area contributed by atoms with Crippen molar-refractivity contribution in [3.63, 3.8) is 0 Å². The molecular weight excluding hydrogens is 968 g/mol. The van der Waals surface area contributed by atoms with Crippen molar-refractivity contribution in [2.45, 2.75) is 45.7 Å². The van der Waals surface area contributed by atoms with Gasteiger partial charge in [-0.3, -0.25) is 4.98 Å². The summed E-state index contributed by atoms with van der Waals surface area (Å²) in [5.74, 6) is 1.39. The van der Waals surface area contributed by atoms with Crippen molar-refractivity contribution in [3.05, 3.63) is 199 Å². The van der Waals surface area contributed by atoms with E-state index in [0.717, 1.165) is 56.5 Å². The average molecular weight is 1010 g/mol. The topological polar surface area (TPSA) is 43.9 Å². The summed E-state index contributed by atoms with van der Waals surface area (Å²) >= 11 is 0. The Hall–Kier alpha value is -6.60. The number of fused-ring (bicyclic) bond motifs is 4. The third kappa shape index (κ3) is 8.62. The molecule has 1 radical (unpaired) electrons. The molecule has 7 aromatic carbocycles. The number of nitrogens with zero attached hydrogens (tertiary/aromatic N) is 3. The molecule has 3 heterocycles. The number of pyridine rings is 1. The maximum Gasteiger partial charge on any atom is 0.381 e. The molecule has 0 bridgehead atoms. The van der Waals surface area contributed by atoms with Crippen molar-refractivity contribution in [2.24, 2.45) is 0 Å². The Balaban J connectivity index is 0.000000271. The van der Waals surface area contributed by atoms with Gasteiger partial charge >= 0.3 is 6.18 Å². The van der Waals surface area contributed by atoms with E-state index in [9.17, 15) is 13.2 Å². The predicted molar refractivity (Wildman–Crippen MR) is 245 cm³/mol. The van der Waals surface area contributed by atoms with Gasteiger partial charge in [-0.25, -0.2) is 0 Å². The maximum atomic E-state index is 12.3. The number of hydrogen-bond acceptors (Lipinski definition) is 3. The second-order valence-electron chi connectivity index (χ2n) is 15.9. The van der Waals surface area contributed by atoms with E-state index in [0.29, 0.717) is 11.3 Å². The van der Waals surface area contributed by atoms with Crippen LogP contribution in [0.25, 0.3) is 83.6 Å². The second-order valence-corrected chi connectivity index (χ2v) is 15.9. The standard InChI is InChI=1S/C43H35N2O.C12H7F3N.Ir/c1-27(2)36-25-32(31-23-21-30(22-24-31)29-13-6-5-7-14-29)26-37(28(3)4)41(36)45-39-19-10-9-18-38(39)44-43(45)35-17-12-16-34-33-15-8-11-20-40(33)46-42(34)35;13-12(14,15)10-6-4-9(5-7-10)11-3-1-2-8-16-11;/h5-16,18-28H,1-4H3;1-4,6-8H;/q2*-1;. The van der Waals surface area contributed by atoms with E-state index in [1.807, 2.05) is 18.2 Å². The third-order valence-electron chi connectivity index (χ3n) is 11.2. The molecule has 0 atom stereocenters. The number of aromatic nitrogens is 3. The van der Waals surface area contributed by atoms with Gasteiger partial charge < -0.3 is 14.0 Å². The predicted octanol–water partition coefficient (Wildman–Crippen LogP) is 15.5. The molecule has 0 N–H and O–H groups in total. The van der Waals surface area contributed by atoms with Gasteiger partial charge in [-0.1, -0.05) is 136 Å². The first-order chi connectivity index (χ1) is 30.0. The summed E-state index contributed by atoms with van der Waals surface area (Å²) in [5.41, 5.74) is 13.7. The van der Waals surface area contributed by atoms with Crippen LogP contribution in [0, 0.1) is 12.1 Å². The van der Waals surface area contributed by atoms with Crippen LogP contribution >= 0.6 is 0 Å². The fourth-order valence-corrected chi connectivity index (χ4v) is 8.03. The summed E-state index contributed by atoms with van der Waals surface area (Å²) in [6.07, 6.45) is -2.74. The number of alkyl halides is 3. The molecule has 0 aliphatic heterocycles. The van der Waals surface area contributed by atoms with Crippen molar-refractivity contribution in [1.82, 2.24) is 14.5 Å². The molecule has 3 aromatic heterocycles. The quantitative estimate of drug-likeness (QED) is 0.149. The normalized spacial score (nSPS) is 11.6. The van der Waals surface area contributed by atoms with Crippen LogP contribution in [0.5, 0.6) is 0 Å². The molecule has 0 amide bonds. The van der Waals surface area contributed by atoms with E-state index in [4.69, 9.17) is 9.40 Å². The molecule has 0 aliphatic rings. The van der Waals surface area contributed by atoms with Gasteiger partial charge in [0.05, 0.1) is 22.4 Å². The van der Waals surface area contributed by atoms with Gasteiger partial charge in [0.25, 0.3) is 0 Å². The first-order valence-corrected chi connectivity index (χ1v) is 20.7. The van der Waals surface area contributed by atoms with E-state index in [1.54, 1.807) is 24.4 Å². The van der Waals surface area contributed by atoms with Crippen LogP contribution < -0.4 is 0 Å². The number of hydrogen-bond donors (Lipinski definition) is 0. The van der Waals surface area contributed by atoms with Gasteiger partial charge in [0, 0.05) is 37.4 Å². The third-order valence-corrected chi connectivity index (χ3v) is 11.2. The Bertz CT molecular complexity index is 3120. The smallest absolute Gasteiger partial charge is 0.381 e. The van der Waals surface area contributed by atoms with Crippen LogP contribution in [-0.2, 0) is 26.3 Å². The van der Waals surface area contributed by atoms with E-state index in [1.165, 1.54) is 45.1 Å². The Morgan fingerprint density at radius 3 is 1.90 bits per heavy atom. The number of benzene rings is 7. The van der Waals surface area contributed by atoms with Gasteiger partial charge in [0.2, 0.25) is 0 Å². The monoisotopic (exact) mass is 1010 g/mol. The first-order valence-electron chi connectivity index (χ1n) is 20.7. The van der Waals surface area contributed by atoms with Crippen molar-refractivity contribution >= 4 is 33.0 Å². The molecule has 8 heteroatoms. The minimum absolute atomic E-state index is 0. The fraction of sp³-hybridized carbons (Fsp3) is 0.127. The molecule has 0 spiro atoms. The zero-order chi connectivity index (χ0) is 43.0. The number of imidazole rings is 1. The number of halogens is 3. The van der Waals surface area contributed by atoms with Crippen molar-refractivity contribution < 1.29 is 37.7 Å². The Labute approximate surface area is 378 Å². The zero-order valence-electron chi connectivity index (χ0n) is 35.0. The fourth-order valence-electron chi connectivity index (χ4n) is 8.03. The maximum absolute atomic E-state index is 12.3. The Morgan fingerprint density at radius 1 is 0.619 bits per heavy atom. The Kier molecular flexibility index (Phi) is 12.3. The van der Waals surface area contributed by atoms with E-state index in [-0.39, 0.29) is 31.9 Å². The van der Waals surface area contributed by atoms with Crippen LogP contribution in [0.3, 0.4) is 0 Å². The van der Waals surface area contributed by atoms with Crippen molar-refractivity contribution in [2.75, 3.05) is 0 Å². The minimum Gasteiger partial charge on any atom is -0.501 e. The average Bonchev–Trinajstić information content (AvgIpc) is 3.88. The molecule has 4 nitrogen and oxygen atoms in total. The molecule has 0 saturated heterocycles. The number of rotatable bonds is 7. The minimum atomic E-state index is -4.32. The molecule has 0 fully saturated rings. The molecule has 315 valence electrons. The van der Waals surface area contributed by atoms with Gasteiger partial charge in [0.1, 0.15) is 5.58 Å². The summed E-state index contributed by atoms with van der Waals surface area (Å²) in [5, 5.41) is 2.18. The molecule has 0 unspecified atom stereocenters. The summed E-state index contributed by atoms with van der Waals surface area (Å²) in [6.45, 7) is 9.15. The van der Waals surface area contributed by atoms with Gasteiger partial charge in [0.15, 0.2) is 0 Å². The first kappa shape index (κ1) is 43.1. The molecule has 10 rings (SSSR count). The van der Waals surface area contributed by atoms with Crippen LogP contribution in [0.2, 0.25) is 0 Å². The van der Waals surface area contributed by atoms with Crippen molar-refractivity contribution in [3.8, 4) is 50.6 Å². The molecule has 0 saturated carbocycles. The zero-order valence-corrected chi connectivity index (χ0v) is 37.4. The van der Waals surface area contributed by atoms with Crippen LogP contribution in [0.4, 0.5) is 13.2 Å². The van der Waals surface area contributed by atoms with Crippen LogP contribution in [0.15, 0.2) is 174 Å². The SMILES string of the molecule is CC(C)c1cc(-c2ccc(-c3ccccc3)cc2)cc(C(C)C)c1-n1c(-c2[c-]ccc3c2oc2ccccc23)nc2ccccc21.FC(F)(F)c1c[c-]c(-c2ccccn2)cc1.[Ir]. The van der Waals surface area contributed by atoms with Crippen molar-refractivity contribution in [1.29, 1.82) is 0 Å². The van der Waals surface area contributed by atoms with E-state index in [2.05, 4.69) is 159 Å². The molecule has 63 heavy (non-hydrogen) atoms. The molecular formula is C55H42F3IrN3O-2. The number of para-hydroxylation sites is 3. The summed E-state index contributed by atoms with van der Waals surface area (Å²) in [7, 11) is 0. The van der Waals surface area contributed by atoms with Gasteiger partial charge in [-0.05, 0) is 92.9 Å². The van der Waals surface area contributed by atoms with Crippen LogP contribution in [-0.4, -0.2) is 14.5 Å². The Morgan fingerprint density at radius 2 is 1.25 bits per heavy atom. The van der Waals surface area contributed by atoms with E-state index >= 15 is 0 Å². The van der Waals surface area contributed by atoms with Gasteiger partial charge in [-0.2, -0.15) is 13.2 Å². The van der Waals surface area contributed by atoms with Crippen LogP contribution in [0.1, 0.15) is 56.2 Å². The number of furan rings is 1. The summed E-state index contributed by atoms with van der Waals surface area (Å²) in [4.78, 5) is 9.30.